The third-order valence-corrected chi connectivity index (χ3v) is 5.68. The molecule has 1 aliphatic rings. The van der Waals surface area contributed by atoms with Crippen LogP contribution in [0.4, 0.5) is 0 Å². The van der Waals surface area contributed by atoms with Crippen LogP contribution in [0.2, 0.25) is 0 Å². The number of carbonyl (C=O) groups is 2. The highest BCUT2D eigenvalue weighted by Crippen LogP contribution is 2.23. The van der Waals surface area contributed by atoms with Crippen LogP contribution in [-0.2, 0) is 33.7 Å². The number of rotatable bonds is 8. The number of hydrogen-bond acceptors (Lipinski definition) is 4. The first-order valence-electron chi connectivity index (χ1n) is 10.8. The summed E-state index contributed by atoms with van der Waals surface area (Å²) in [4.78, 5) is 35.8. The van der Waals surface area contributed by atoms with Gasteiger partial charge in [-0.2, -0.15) is 0 Å². The molecule has 162 valence electrons. The Balaban J connectivity index is 1.64. The summed E-state index contributed by atoms with van der Waals surface area (Å²) < 4.78 is 6.52. The normalized spacial score (nSPS) is 16.0. The summed E-state index contributed by atoms with van der Waals surface area (Å²) in [6.07, 6.45) is 10.7. The molecule has 0 N–H and O–H groups in total. The van der Waals surface area contributed by atoms with Crippen molar-refractivity contribution >= 4 is 11.8 Å². The Morgan fingerprint density at radius 1 is 1.13 bits per heavy atom. The van der Waals surface area contributed by atoms with Gasteiger partial charge in [-0.15, -0.1) is 0 Å². The lowest BCUT2D eigenvalue weighted by Gasteiger charge is -2.14. The molecule has 0 spiro atoms. The molecule has 5 nitrogen and oxygen atoms in total. The number of pyridine rings is 1. The van der Waals surface area contributed by atoms with Crippen LogP contribution >= 0.6 is 0 Å². The maximum Gasteiger partial charge on any atom is 0.337 e. The summed E-state index contributed by atoms with van der Waals surface area (Å²) in [5, 5.41) is 0. The third kappa shape index (κ3) is 6.14. The minimum atomic E-state index is -0.406. The van der Waals surface area contributed by atoms with Gasteiger partial charge in [-0.1, -0.05) is 37.3 Å². The third-order valence-electron chi connectivity index (χ3n) is 5.68. The molecule has 0 aliphatic heterocycles. The predicted molar refractivity (Wildman–Crippen MR) is 121 cm³/mol. The Hall–Kier alpha value is -3.21. The highest BCUT2D eigenvalue weighted by Gasteiger charge is 2.18. The minimum Gasteiger partial charge on any atom is -0.465 e. The zero-order chi connectivity index (χ0) is 22.2. The standard InChI is InChI=1S/C26H29NO4/c1-3-21-15-19(10-11-23(21)18-27-14-5-4-9-25(27)29)7-6-8-20-16-22(26(30)31-2)12-13-24(28)17-20/h4-5,9-16,20H,3,6-8,17-18H2,1-2H3. The van der Waals surface area contributed by atoms with Crippen LogP contribution in [0.25, 0.3) is 0 Å². The molecule has 31 heavy (non-hydrogen) atoms. The number of esters is 1. The van der Waals surface area contributed by atoms with Gasteiger partial charge in [-0.05, 0) is 66.5 Å². The lowest BCUT2D eigenvalue weighted by Crippen LogP contribution is -2.19. The second-order valence-corrected chi connectivity index (χ2v) is 7.89. The Kier molecular flexibility index (Phi) is 7.76. The van der Waals surface area contributed by atoms with Crippen LogP contribution in [0.5, 0.6) is 0 Å². The van der Waals surface area contributed by atoms with E-state index in [1.807, 2.05) is 18.3 Å². The molecule has 0 saturated heterocycles. The van der Waals surface area contributed by atoms with E-state index in [0.717, 1.165) is 31.2 Å². The van der Waals surface area contributed by atoms with E-state index in [1.54, 1.807) is 22.8 Å². The predicted octanol–water partition coefficient (Wildman–Crippen LogP) is 4.03. The fraction of sp³-hybridized carbons (Fsp3) is 0.346. The van der Waals surface area contributed by atoms with Crippen molar-refractivity contribution < 1.29 is 14.3 Å². The highest BCUT2D eigenvalue weighted by atomic mass is 16.5. The quantitative estimate of drug-likeness (QED) is 0.606. The number of nitrogens with zero attached hydrogens (tertiary/aromatic N) is 1. The summed E-state index contributed by atoms with van der Waals surface area (Å²) >= 11 is 0. The van der Waals surface area contributed by atoms with E-state index in [0.29, 0.717) is 18.5 Å². The minimum absolute atomic E-state index is 0.000413. The molecular formula is C26H29NO4. The van der Waals surface area contributed by atoms with Crippen LogP contribution in [0, 0.1) is 5.92 Å². The van der Waals surface area contributed by atoms with Gasteiger partial charge in [0.15, 0.2) is 5.78 Å². The number of ether oxygens (including phenoxy) is 1. The number of ketones is 1. The number of methoxy groups -OCH3 is 1. The molecule has 0 amide bonds. The molecule has 3 rings (SSSR count). The molecule has 1 aliphatic carbocycles. The molecular weight excluding hydrogens is 390 g/mol. The van der Waals surface area contributed by atoms with Gasteiger partial charge in [0.1, 0.15) is 0 Å². The van der Waals surface area contributed by atoms with Crippen molar-refractivity contribution in [3.05, 3.63) is 93.4 Å². The lowest BCUT2D eigenvalue weighted by atomic mass is 9.93. The van der Waals surface area contributed by atoms with E-state index in [4.69, 9.17) is 4.74 Å². The molecule has 1 aromatic carbocycles. The van der Waals surface area contributed by atoms with E-state index in [-0.39, 0.29) is 17.3 Å². The van der Waals surface area contributed by atoms with Gasteiger partial charge in [0, 0.05) is 18.7 Å². The topological polar surface area (TPSA) is 65.4 Å². The van der Waals surface area contributed by atoms with Gasteiger partial charge in [-0.25, -0.2) is 4.79 Å². The Morgan fingerprint density at radius 2 is 1.97 bits per heavy atom. The van der Waals surface area contributed by atoms with Gasteiger partial charge >= 0.3 is 5.97 Å². The zero-order valence-electron chi connectivity index (χ0n) is 18.2. The van der Waals surface area contributed by atoms with Crippen molar-refractivity contribution in [3.63, 3.8) is 0 Å². The van der Waals surface area contributed by atoms with Gasteiger partial charge in [0.25, 0.3) is 5.56 Å². The molecule has 0 bridgehead atoms. The molecule has 1 aromatic heterocycles. The monoisotopic (exact) mass is 419 g/mol. The first-order valence-corrected chi connectivity index (χ1v) is 10.8. The number of carbonyl (C=O) groups excluding carboxylic acids is 2. The molecule has 0 fully saturated rings. The molecule has 2 aromatic rings. The zero-order valence-corrected chi connectivity index (χ0v) is 18.2. The lowest BCUT2D eigenvalue weighted by molar-refractivity contribution is -0.135. The molecule has 1 unspecified atom stereocenters. The summed E-state index contributed by atoms with van der Waals surface area (Å²) in [6, 6.07) is 11.7. The first-order chi connectivity index (χ1) is 15.0. The van der Waals surface area contributed by atoms with E-state index in [1.165, 1.54) is 24.3 Å². The second kappa shape index (κ2) is 10.7. The fourth-order valence-electron chi connectivity index (χ4n) is 3.98. The molecule has 5 heteroatoms. The van der Waals surface area contributed by atoms with Crippen molar-refractivity contribution in [1.29, 1.82) is 0 Å². The number of aromatic nitrogens is 1. The summed E-state index contributed by atoms with van der Waals surface area (Å²) in [7, 11) is 1.35. The van der Waals surface area contributed by atoms with Crippen molar-refractivity contribution in [2.24, 2.45) is 5.92 Å². The number of hydrogen-bond donors (Lipinski definition) is 0. The highest BCUT2D eigenvalue weighted by molar-refractivity contribution is 5.97. The Labute approximate surface area is 183 Å². The van der Waals surface area contributed by atoms with E-state index >= 15 is 0 Å². The van der Waals surface area contributed by atoms with Crippen molar-refractivity contribution in [2.75, 3.05) is 7.11 Å². The average Bonchev–Trinajstić information content (AvgIpc) is 2.96. The largest absolute Gasteiger partial charge is 0.465 e. The van der Waals surface area contributed by atoms with Crippen molar-refractivity contribution in [2.45, 2.75) is 45.6 Å². The van der Waals surface area contributed by atoms with Gasteiger partial charge in [0.05, 0.1) is 19.2 Å². The number of aryl methyl sites for hydroxylation is 2. The van der Waals surface area contributed by atoms with Crippen LogP contribution in [0.15, 0.2) is 71.2 Å². The van der Waals surface area contributed by atoms with Crippen molar-refractivity contribution in [3.8, 4) is 0 Å². The molecule has 0 radical (unpaired) electrons. The average molecular weight is 420 g/mol. The number of allylic oxidation sites excluding steroid dienone is 2. The SMILES string of the molecule is CCc1cc(CCCC2C=C(C(=O)OC)C=CC(=O)C2)ccc1Cn1ccccc1=O. The summed E-state index contributed by atoms with van der Waals surface area (Å²) in [5.41, 5.74) is 4.10. The molecule has 0 saturated carbocycles. The van der Waals surface area contributed by atoms with E-state index < -0.39 is 5.97 Å². The Bertz CT molecular complexity index is 1060. The smallest absolute Gasteiger partial charge is 0.337 e. The first kappa shape index (κ1) is 22.5. The van der Waals surface area contributed by atoms with Gasteiger partial charge < -0.3 is 9.30 Å². The number of benzene rings is 1. The summed E-state index contributed by atoms with van der Waals surface area (Å²) in [5.74, 6) is -0.336. The maximum atomic E-state index is 12.0. The van der Waals surface area contributed by atoms with Gasteiger partial charge in [0.2, 0.25) is 0 Å². The van der Waals surface area contributed by atoms with Crippen molar-refractivity contribution in [1.82, 2.24) is 4.57 Å². The van der Waals surface area contributed by atoms with Gasteiger partial charge in [-0.3, -0.25) is 9.59 Å². The van der Waals surface area contributed by atoms with E-state index in [9.17, 15) is 14.4 Å². The van der Waals surface area contributed by atoms with Crippen LogP contribution in [0.1, 0.15) is 42.9 Å². The fourth-order valence-corrected chi connectivity index (χ4v) is 3.98. The summed E-state index contributed by atoms with van der Waals surface area (Å²) in [6.45, 7) is 2.70. The van der Waals surface area contributed by atoms with Crippen LogP contribution in [0.3, 0.4) is 0 Å². The van der Waals surface area contributed by atoms with Crippen LogP contribution < -0.4 is 5.56 Å². The van der Waals surface area contributed by atoms with E-state index in [2.05, 4.69) is 25.1 Å². The molecule has 1 heterocycles. The Morgan fingerprint density at radius 3 is 2.71 bits per heavy atom. The maximum absolute atomic E-state index is 12.0. The second-order valence-electron chi connectivity index (χ2n) is 7.89. The van der Waals surface area contributed by atoms with Crippen LogP contribution in [-0.4, -0.2) is 23.4 Å². The molecule has 1 atom stereocenters.